The summed E-state index contributed by atoms with van der Waals surface area (Å²) in [6.45, 7) is 3.54. The number of nitrogens with zero attached hydrogens (tertiary/aromatic N) is 1. The third-order valence-electron chi connectivity index (χ3n) is 5.55. The number of nitrogens with one attached hydrogen (secondary N) is 1. The summed E-state index contributed by atoms with van der Waals surface area (Å²) in [5, 5.41) is 4.53. The summed E-state index contributed by atoms with van der Waals surface area (Å²) in [5.41, 5.74) is 2.13. The van der Waals surface area contributed by atoms with Crippen LogP contribution in [0.3, 0.4) is 0 Å². The number of hydrogen-bond acceptors (Lipinski definition) is 2. The average Bonchev–Trinajstić information content (AvgIpc) is 2.83. The summed E-state index contributed by atoms with van der Waals surface area (Å²) in [7, 11) is 0. The van der Waals surface area contributed by atoms with E-state index in [1.165, 1.54) is 12.1 Å². The van der Waals surface area contributed by atoms with E-state index in [-0.39, 0.29) is 17.7 Å². The maximum absolute atomic E-state index is 13.4. The number of carbonyl (C=O) groups excluding carboxylic acids is 1. The molecule has 1 amide bonds. The number of rotatable bonds is 3. The van der Waals surface area contributed by atoms with Crippen molar-refractivity contribution in [2.75, 3.05) is 5.32 Å². The second-order valence-electron chi connectivity index (χ2n) is 7.87. The van der Waals surface area contributed by atoms with Gasteiger partial charge in [0.2, 0.25) is 0 Å². The largest absolute Gasteiger partial charge is 0.416 e. The number of alkyl halides is 3. The van der Waals surface area contributed by atoms with Crippen LogP contribution in [0.5, 0.6) is 0 Å². The van der Waals surface area contributed by atoms with E-state index in [4.69, 9.17) is 0 Å². The Morgan fingerprint density at radius 1 is 0.971 bits per heavy atom. The van der Waals surface area contributed by atoms with Gasteiger partial charge in [0.05, 0.1) is 11.1 Å². The summed E-state index contributed by atoms with van der Waals surface area (Å²) in [6, 6.07) is 16.7. The van der Waals surface area contributed by atoms with Gasteiger partial charge in [-0.05, 0) is 48.7 Å². The lowest BCUT2D eigenvalue weighted by Gasteiger charge is -2.14. The molecule has 0 aliphatic carbocycles. The SMILES string of the molecule is CCc1ccc(NC(=O)c2ccc(C)c(C#Cc3cncc4ccccc34)c2)cc1C(F)(F)F. The van der Waals surface area contributed by atoms with Gasteiger partial charge in [-0.3, -0.25) is 9.78 Å². The maximum atomic E-state index is 13.4. The minimum atomic E-state index is -4.49. The number of pyridine rings is 1. The van der Waals surface area contributed by atoms with E-state index >= 15 is 0 Å². The Hall–Kier alpha value is -4.11. The molecule has 0 unspecified atom stereocenters. The predicted molar refractivity (Wildman–Crippen MR) is 128 cm³/mol. The third kappa shape index (κ3) is 4.94. The Bertz CT molecular complexity index is 1440. The van der Waals surface area contributed by atoms with Crippen molar-refractivity contribution >= 4 is 22.4 Å². The van der Waals surface area contributed by atoms with Crippen LogP contribution >= 0.6 is 0 Å². The van der Waals surface area contributed by atoms with Gasteiger partial charge in [-0.15, -0.1) is 0 Å². The number of fused-ring (bicyclic) bond motifs is 1. The van der Waals surface area contributed by atoms with Crippen molar-refractivity contribution < 1.29 is 18.0 Å². The molecule has 0 atom stereocenters. The molecule has 0 radical (unpaired) electrons. The zero-order chi connectivity index (χ0) is 24.3. The van der Waals surface area contributed by atoms with E-state index in [9.17, 15) is 18.0 Å². The second kappa shape index (κ2) is 9.40. The van der Waals surface area contributed by atoms with Crippen molar-refractivity contribution in [1.29, 1.82) is 0 Å². The summed E-state index contributed by atoms with van der Waals surface area (Å²) in [4.78, 5) is 17.0. The topological polar surface area (TPSA) is 42.0 Å². The molecular formula is C28H21F3N2O. The first kappa shape index (κ1) is 23.1. The predicted octanol–water partition coefficient (Wildman–Crippen LogP) is 6.78. The highest BCUT2D eigenvalue weighted by Crippen LogP contribution is 2.34. The van der Waals surface area contributed by atoms with Crippen molar-refractivity contribution in [2.45, 2.75) is 26.4 Å². The number of hydrogen-bond donors (Lipinski definition) is 1. The third-order valence-corrected chi connectivity index (χ3v) is 5.55. The van der Waals surface area contributed by atoms with E-state index in [1.807, 2.05) is 31.2 Å². The van der Waals surface area contributed by atoms with E-state index in [2.05, 4.69) is 22.1 Å². The molecule has 4 rings (SSSR count). The number of benzene rings is 3. The van der Waals surface area contributed by atoms with Gasteiger partial charge in [0, 0.05) is 40.0 Å². The first-order valence-electron chi connectivity index (χ1n) is 10.7. The lowest BCUT2D eigenvalue weighted by molar-refractivity contribution is -0.138. The molecule has 3 aromatic carbocycles. The fraction of sp³-hybridized carbons (Fsp3) is 0.143. The fourth-order valence-electron chi connectivity index (χ4n) is 3.68. The molecule has 0 spiro atoms. The van der Waals surface area contributed by atoms with Gasteiger partial charge in [-0.1, -0.05) is 55.2 Å². The zero-order valence-corrected chi connectivity index (χ0v) is 18.6. The molecule has 6 heteroatoms. The fourth-order valence-corrected chi connectivity index (χ4v) is 3.68. The molecule has 0 saturated carbocycles. The molecule has 1 heterocycles. The summed E-state index contributed by atoms with van der Waals surface area (Å²) < 4.78 is 40.1. The molecule has 170 valence electrons. The minimum absolute atomic E-state index is 0.0876. The summed E-state index contributed by atoms with van der Waals surface area (Å²) in [6.07, 6.45) is -0.780. The molecule has 0 aliphatic rings. The van der Waals surface area contributed by atoms with Crippen molar-refractivity contribution in [1.82, 2.24) is 4.98 Å². The molecule has 3 nitrogen and oxygen atoms in total. The van der Waals surface area contributed by atoms with Crippen LogP contribution in [-0.2, 0) is 12.6 Å². The monoisotopic (exact) mass is 458 g/mol. The molecule has 0 bridgehead atoms. The van der Waals surface area contributed by atoms with E-state index in [0.717, 1.165) is 28.0 Å². The Labute approximate surface area is 195 Å². The number of halogens is 3. The van der Waals surface area contributed by atoms with Crippen LogP contribution in [0.2, 0.25) is 0 Å². The van der Waals surface area contributed by atoms with Gasteiger partial charge >= 0.3 is 6.18 Å². The Balaban J connectivity index is 1.62. The van der Waals surface area contributed by atoms with Gasteiger partial charge in [0.25, 0.3) is 5.91 Å². The van der Waals surface area contributed by atoms with Crippen LogP contribution < -0.4 is 5.32 Å². The molecular weight excluding hydrogens is 437 g/mol. The molecule has 34 heavy (non-hydrogen) atoms. The number of anilines is 1. The van der Waals surface area contributed by atoms with Crippen LogP contribution in [0.1, 0.15) is 45.1 Å². The quantitative estimate of drug-likeness (QED) is 0.344. The highest BCUT2D eigenvalue weighted by atomic mass is 19.4. The number of aryl methyl sites for hydroxylation is 2. The van der Waals surface area contributed by atoms with Crippen LogP contribution in [0.25, 0.3) is 10.8 Å². The van der Waals surface area contributed by atoms with Gasteiger partial charge in [-0.25, -0.2) is 0 Å². The normalized spacial score (nSPS) is 11.1. The highest BCUT2D eigenvalue weighted by Gasteiger charge is 2.33. The Kier molecular flexibility index (Phi) is 6.38. The van der Waals surface area contributed by atoms with E-state index in [0.29, 0.717) is 11.1 Å². The van der Waals surface area contributed by atoms with Gasteiger partial charge in [0.15, 0.2) is 0 Å². The van der Waals surface area contributed by atoms with Crippen molar-refractivity contribution in [2.24, 2.45) is 0 Å². The number of carbonyl (C=O) groups is 1. The molecule has 1 aromatic heterocycles. The molecule has 0 aliphatic heterocycles. The van der Waals surface area contributed by atoms with Crippen LogP contribution in [0.15, 0.2) is 73.1 Å². The van der Waals surface area contributed by atoms with Crippen LogP contribution in [-0.4, -0.2) is 10.9 Å². The minimum Gasteiger partial charge on any atom is -0.322 e. The first-order chi connectivity index (χ1) is 16.3. The van der Waals surface area contributed by atoms with Crippen molar-refractivity contribution in [3.05, 3.63) is 106 Å². The van der Waals surface area contributed by atoms with Gasteiger partial charge in [-0.2, -0.15) is 13.2 Å². The van der Waals surface area contributed by atoms with Gasteiger partial charge < -0.3 is 5.32 Å². The second-order valence-corrected chi connectivity index (χ2v) is 7.87. The van der Waals surface area contributed by atoms with Crippen LogP contribution in [0, 0.1) is 18.8 Å². The van der Waals surface area contributed by atoms with E-state index < -0.39 is 17.6 Å². The lowest BCUT2D eigenvalue weighted by atomic mass is 10.0. The van der Waals surface area contributed by atoms with Gasteiger partial charge in [0.1, 0.15) is 0 Å². The standard InChI is InChI=1S/C28H21F3N2O/c1-3-19-12-13-24(15-26(19)28(29,30)31)33-27(34)21-9-8-18(2)20(14-21)10-11-23-17-32-16-22-6-4-5-7-25(22)23/h4-9,12-17H,3H2,1-2H3,(H,33,34). The number of amides is 1. The summed E-state index contributed by atoms with van der Waals surface area (Å²) >= 11 is 0. The Morgan fingerprint density at radius 2 is 1.74 bits per heavy atom. The highest BCUT2D eigenvalue weighted by molar-refractivity contribution is 6.04. The number of aromatic nitrogens is 1. The molecule has 0 saturated heterocycles. The first-order valence-corrected chi connectivity index (χ1v) is 10.7. The van der Waals surface area contributed by atoms with Crippen molar-refractivity contribution in [3.63, 3.8) is 0 Å². The molecule has 1 N–H and O–H groups in total. The maximum Gasteiger partial charge on any atom is 0.416 e. The molecule has 4 aromatic rings. The zero-order valence-electron chi connectivity index (χ0n) is 18.6. The smallest absolute Gasteiger partial charge is 0.322 e. The van der Waals surface area contributed by atoms with Crippen LogP contribution in [0.4, 0.5) is 18.9 Å². The Morgan fingerprint density at radius 3 is 2.50 bits per heavy atom. The summed E-state index contributed by atoms with van der Waals surface area (Å²) in [5.74, 6) is 5.73. The lowest BCUT2D eigenvalue weighted by Crippen LogP contribution is -2.14. The van der Waals surface area contributed by atoms with E-state index in [1.54, 1.807) is 37.5 Å². The average molecular weight is 458 g/mol. The van der Waals surface area contributed by atoms with Crippen molar-refractivity contribution in [3.8, 4) is 11.8 Å². The molecule has 0 fully saturated rings.